The number of nitrogens with one attached hydrogen (secondary N) is 1. The largest absolute Gasteiger partial charge is 0.381 e. The fraction of sp³-hybridized carbons (Fsp3) is 0.692. The summed E-state index contributed by atoms with van der Waals surface area (Å²) < 4.78 is 5.50. The van der Waals surface area contributed by atoms with Gasteiger partial charge in [-0.15, -0.1) is 11.3 Å². The molecule has 0 atom stereocenters. The van der Waals surface area contributed by atoms with Crippen molar-refractivity contribution in [2.45, 2.75) is 26.2 Å². The highest BCUT2D eigenvalue weighted by molar-refractivity contribution is 7.09. The Kier molecular flexibility index (Phi) is 4.38. The van der Waals surface area contributed by atoms with Crippen molar-refractivity contribution < 1.29 is 4.74 Å². The molecule has 16 heavy (non-hydrogen) atoms. The normalized spacial score (nSPS) is 19.8. The summed E-state index contributed by atoms with van der Waals surface area (Å²) in [4.78, 5) is 1.51. The molecule has 90 valence electrons. The van der Waals surface area contributed by atoms with Crippen LogP contribution in [-0.4, -0.2) is 26.3 Å². The third-order valence-corrected chi connectivity index (χ3v) is 4.31. The zero-order valence-corrected chi connectivity index (χ0v) is 10.8. The Morgan fingerprint density at radius 2 is 2.25 bits per heavy atom. The summed E-state index contributed by atoms with van der Waals surface area (Å²) in [5.41, 5.74) is 0.430. The van der Waals surface area contributed by atoms with Gasteiger partial charge in [-0.1, -0.05) is 13.0 Å². The molecule has 0 saturated carbocycles. The molecule has 1 N–H and O–H groups in total. The van der Waals surface area contributed by atoms with Crippen LogP contribution >= 0.6 is 11.3 Å². The first-order valence-electron chi connectivity index (χ1n) is 6.15. The predicted molar refractivity (Wildman–Crippen MR) is 69.1 cm³/mol. The van der Waals surface area contributed by atoms with E-state index in [-0.39, 0.29) is 0 Å². The fourth-order valence-electron chi connectivity index (χ4n) is 2.39. The van der Waals surface area contributed by atoms with E-state index in [4.69, 9.17) is 4.74 Å². The summed E-state index contributed by atoms with van der Waals surface area (Å²) in [6.07, 6.45) is 3.59. The third-order valence-electron chi connectivity index (χ3n) is 3.43. The molecule has 0 bridgehead atoms. The Morgan fingerprint density at radius 1 is 1.44 bits per heavy atom. The minimum atomic E-state index is 0.430. The van der Waals surface area contributed by atoms with Crippen LogP contribution in [0, 0.1) is 5.41 Å². The van der Waals surface area contributed by atoms with Gasteiger partial charge in [-0.25, -0.2) is 0 Å². The van der Waals surface area contributed by atoms with Crippen molar-refractivity contribution in [1.29, 1.82) is 0 Å². The van der Waals surface area contributed by atoms with E-state index in [2.05, 4.69) is 29.8 Å². The summed E-state index contributed by atoms with van der Waals surface area (Å²) in [6, 6.07) is 4.41. The monoisotopic (exact) mass is 239 g/mol. The number of thiophene rings is 1. The molecule has 3 heteroatoms. The molecule has 0 aliphatic carbocycles. The Morgan fingerprint density at radius 3 is 2.88 bits per heavy atom. The highest BCUT2D eigenvalue weighted by Crippen LogP contribution is 2.34. The zero-order chi connectivity index (χ0) is 11.3. The van der Waals surface area contributed by atoms with Gasteiger partial charge in [0.1, 0.15) is 0 Å². The number of ether oxygens (including phenoxy) is 1. The molecule has 1 saturated heterocycles. The second-order valence-electron chi connectivity index (χ2n) is 4.65. The van der Waals surface area contributed by atoms with Gasteiger partial charge in [-0.2, -0.15) is 0 Å². The van der Waals surface area contributed by atoms with Gasteiger partial charge in [-0.3, -0.25) is 0 Å². The summed E-state index contributed by atoms with van der Waals surface area (Å²) in [5.74, 6) is 0. The van der Waals surface area contributed by atoms with E-state index < -0.39 is 0 Å². The van der Waals surface area contributed by atoms with Crippen LogP contribution in [0.15, 0.2) is 17.5 Å². The minimum Gasteiger partial charge on any atom is -0.381 e. The van der Waals surface area contributed by atoms with Crippen LogP contribution in [0.5, 0.6) is 0 Å². The first kappa shape index (κ1) is 12.1. The van der Waals surface area contributed by atoms with Crippen LogP contribution in [0.3, 0.4) is 0 Å². The van der Waals surface area contributed by atoms with Crippen molar-refractivity contribution in [1.82, 2.24) is 5.32 Å². The molecule has 1 aromatic rings. The molecular formula is C13H21NOS. The molecule has 0 aromatic carbocycles. The number of hydrogen-bond donors (Lipinski definition) is 1. The molecule has 0 radical (unpaired) electrons. The Balaban J connectivity index is 2.01. The van der Waals surface area contributed by atoms with Gasteiger partial charge in [0.15, 0.2) is 0 Å². The topological polar surface area (TPSA) is 21.3 Å². The molecule has 0 amide bonds. The fourth-order valence-corrected chi connectivity index (χ4v) is 3.27. The van der Waals surface area contributed by atoms with Crippen LogP contribution in [0.25, 0.3) is 0 Å². The van der Waals surface area contributed by atoms with Crippen molar-refractivity contribution in [3.8, 4) is 0 Å². The lowest BCUT2D eigenvalue weighted by Crippen LogP contribution is -2.40. The minimum absolute atomic E-state index is 0.430. The molecule has 2 rings (SSSR count). The Bertz CT molecular complexity index is 291. The standard InChI is InChI=1S/C13H21NOS/c1-2-14-11-13(5-7-15-8-6-13)10-12-4-3-9-16-12/h3-4,9,14H,2,5-8,10-11H2,1H3. The number of hydrogen-bond acceptors (Lipinski definition) is 3. The third kappa shape index (κ3) is 3.06. The SMILES string of the molecule is CCNCC1(Cc2cccs2)CCOCC1. The maximum atomic E-state index is 5.50. The van der Waals surface area contributed by atoms with Gasteiger partial charge in [0.05, 0.1) is 0 Å². The lowest BCUT2D eigenvalue weighted by atomic mass is 9.77. The average molecular weight is 239 g/mol. The summed E-state index contributed by atoms with van der Waals surface area (Å²) in [5, 5.41) is 5.70. The summed E-state index contributed by atoms with van der Waals surface area (Å²) in [6.45, 7) is 6.23. The van der Waals surface area contributed by atoms with Gasteiger partial charge < -0.3 is 10.1 Å². The van der Waals surface area contributed by atoms with Crippen LogP contribution in [0.1, 0.15) is 24.6 Å². The van der Waals surface area contributed by atoms with E-state index in [0.717, 1.165) is 26.3 Å². The molecule has 1 fully saturated rings. The van der Waals surface area contributed by atoms with Gasteiger partial charge in [0.25, 0.3) is 0 Å². The maximum Gasteiger partial charge on any atom is 0.0471 e. The Labute approximate surface area is 102 Å². The summed E-state index contributed by atoms with van der Waals surface area (Å²) >= 11 is 1.88. The first-order chi connectivity index (χ1) is 7.85. The van der Waals surface area contributed by atoms with E-state index >= 15 is 0 Å². The molecule has 1 aliphatic heterocycles. The quantitative estimate of drug-likeness (QED) is 0.853. The van der Waals surface area contributed by atoms with Crippen LogP contribution in [-0.2, 0) is 11.2 Å². The Hall–Kier alpha value is -0.380. The molecular weight excluding hydrogens is 218 g/mol. The van der Waals surface area contributed by atoms with Gasteiger partial charge in [0.2, 0.25) is 0 Å². The van der Waals surface area contributed by atoms with Crippen LogP contribution in [0.2, 0.25) is 0 Å². The van der Waals surface area contributed by atoms with E-state index in [9.17, 15) is 0 Å². The van der Waals surface area contributed by atoms with Crippen molar-refractivity contribution in [2.24, 2.45) is 5.41 Å². The smallest absolute Gasteiger partial charge is 0.0471 e. The van der Waals surface area contributed by atoms with Crippen molar-refractivity contribution in [2.75, 3.05) is 26.3 Å². The average Bonchev–Trinajstić information content (AvgIpc) is 2.80. The zero-order valence-electron chi connectivity index (χ0n) is 10.00. The van der Waals surface area contributed by atoms with Crippen LogP contribution in [0.4, 0.5) is 0 Å². The van der Waals surface area contributed by atoms with Crippen molar-refractivity contribution in [3.63, 3.8) is 0 Å². The van der Waals surface area contributed by atoms with E-state index in [1.807, 2.05) is 11.3 Å². The second kappa shape index (κ2) is 5.80. The van der Waals surface area contributed by atoms with E-state index in [1.165, 1.54) is 24.1 Å². The highest BCUT2D eigenvalue weighted by Gasteiger charge is 2.32. The van der Waals surface area contributed by atoms with E-state index in [1.54, 1.807) is 0 Å². The van der Waals surface area contributed by atoms with Crippen molar-refractivity contribution >= 4 is 11.3 Å². The van der Waals surface area contributed by atoms with Gasteiger partial charge >= 0.3 is 0 Å². The highest BCUT2D eigenvalue weighted by atomic mass is 32.1. The molecule has 0 unspecified atom stereocenters. The van der Waals surface area contributed by atoms with E-state index in [0.29, 0.717) is 5.41 Å². The molecule has 1 aliphatic rings. The maximum absolute atomic E-state index is 5.50. The molecule has 2 heterocycles. The molecule has 1 aromatic heterocycles. The predicted octanol–water partition coefficient (Wildman–Crippen LogP) is 2.70. The molecule has 2 nitrogen and oxygen atoms in total. The first-order valence-corrected chi connectivity index (χ1v) is 7.03. The van der Waals surface area contributed by atoms with Crippen molar-refractivity contribution in [3.05, 3.63) is 22.4 Å². The number of rotatable bonds is 5. The lowest BCUT2D eigenvalue weighted by molar-refractivity contribution is 0.0155. The van der Waals surface area contributed by atoms with Gasteiger partial charge in [-0.05, 0) is 42.7 Å². The molecule has 0 spiro atoms. The lowest BCUT2D eigenvalue weighted by Gasteiger charge is -2.37. The summed E-state index contributed by atoms with van der Waals surface area (Å²) in [7, 11) is 0. The van der Waals surface area contributed by atoms with Gasteiger partial charge in [0, 0.05) is 24.6 Å². The second-order valence-corrected chi connectivity index (χ2v) is 5.68. The van der Waals surface area contributed by atoms with Crippen LogP contribution < -0.4 is 5.32 Å².